The lowest BCUT2D eigenvalue weighted by Crippen LogP contribution is -2.36. The summed E-state index contributed by atoms with van der Waals surface area (Å²) in [5, 5.41) is 0.249. The highest BCUT2D eigenvalue weighted by molar-refractivity contribution is 6.41. The number of carbonyl (C=O) groups is 2. The molecule has 0 radical (unpaired) electrons. The minimum absolute atomic E-state index is 0.101. The van der Waals surface area contributed by atoms with E-state index in [9.17, 15) is 9.59 Å². The SMILES string of the molecule is CC(C)[C@H]1CC[C@H](C)C[C@@H]1OC(=O)COC(=O)c1cnc(Cl)c(Cl)c1. The first-order chi connectivity index (χ1) is 11.8. The first-order valence-corrected chi connectivity index (χ1v) is 9.21. The molecule has 1 aromatic heterocycles. The first kappa shape index (κ1) is 20.0. The van der Waals surface area contributed by atoms with Crippen molar-refractivity contribution in [3.05, 3.63) is 28.0 Å². The number of esters is 2. The number of ether oxygens (including phenoxy) is 2. The van der Waals surface area contributed by atoms with E-state index in [0.29, 0.717) is 17.8 Å². The van der Waals surface area contributed by atoms with E-state index in [1.807, 2.05) is 0 Å². The summed E-state index contributed by atoms with van der Waals surface area (Å²) in [4.78, 5) is 27.8. The molecule has 25 heavy (non-hydrogen) atoms. The second-order valence-corrected chi connectivity index (χ2v) is 7.69. The van der Waals surface area contributed by atoms with Crippen LogP contribution >= 0.6 is 23.2 Å². The number of halogens is 2. The lowest BCUT2D eigenvalue weighted by molar-refractivity contribution is -0.159. The molecule has 2 rings (SSSR count). The van der Waals surface area contributed by atoms with Gasteiger partial charge in [-0.3, -0.25) is 0 Å². The fourth-order valence-corrected chi connectivity index (χ4v) is 3.46. The molecule has 0 aromatic carbocycles. The summed E-state index contributed by atoms with van der Waals surface area (Å²) >= 11 is 11.5. The molecule has 1 aliphatic rings. The van der Waals surface area contributed by atoms with Crippen LogP contribution < -0.4 is 0 Å². The maximum absolute atomic E-state index is 12.1. The molecule has 0 unspecified atom stereocenters. The largest absolute Gasteiger partial charge is 0.460 e. The molecule has 0 spiro atoms. The van der Waals surface area contributed by atoms with Crippen LogP contribution in [0.3, 0.4) is 0 Å². The van der Waals surface area contributed by atoms with Crippen molar-refractivity contribution in [1.29, 1.82) is 0 Å². The molecular weight excluding hydrogens is 365 g/mol. The first-order valence-electron chi connectivity index (χ1n) is 8.45. The monoisotopic (exact) mass is 387 g/mol. The van der Waals surface area contributed by atoms with Gasteiger partial charge in [0.15, 0.2) is 6.61 Å². The van der Waals surface area contributed by atoms with E-state index in [0.717, 1.165) is 19.3 Å². The summed E-state index contributed by atoms with van der Waals surface area (Å²) in [5.74, 6) is 0.0782. The molecule has 138 valence electrons. The van der Waals surface area contributed by atoms with Crippen molar-refractivity contribution in [3.8, 4) is 0 Å². The maximum atomic E-state index is 12.1. The van der Waals surface area contributed by atoms with Gasteiger partial charge in [-0.15, -0.1) is 0 Å². The summed E-state index contributed by atoms with van der Waals surface area (Å²) in [6.07, 6.45) is 4.17. The van der Waals surface area contributed by atoms with E-state index in [1.54, 1.807) is 0 Å². The predicted molar refractivity (Wildman–Crippen MR) is 95.8 cm³/mol. The molecular formula is C18H23Cl2NO4. The minimum atomic E-state index is -0.694. The Kier molecular flexibility index (Phi) is 7.08. The third-order valence-electron chi connectivity index (χ3n) is 4.60. The molecule has 0 aliphatic heterocycles. The van der Waals surface area contributed by atoms with Crippen molar-refractivity contribution in [3.63, 3.8) is 0 Å². The summed E-state index contributed by atoms with van der Waals surface area (Å²) in [5.41, 5.74) is 0.133. The summed E-state index contributed by atoms with van der Waals surface area (Å²) < 4.78 is 10.6. The Bertz CT molecular complexity index is 636. The summed E-state index contributed by atoms with van der Waals surface area (Å²) in [6.45, 7) is 6.00. The quantitative estimate of drug-likeness (QED) is 0.547. The lowest BCUT2D eigenvalue weighted by atomic mass is 9.75. The molecule has 0 bridgehead atoms. The zero-order chi connectivity index (χ0) is 18.6. The second kappa shape index (κ2) is 8.86. The van der Waals surface area contributed by atoms with E-state index in [4.69, 9.17) is 32.7 Å². The van der Waals surface area contributed by atoms with Crippen LogP contribution in [0, 0.1) is 17.8 Å². The highest BCUT2D eigenvalue weighted by Crippen LogP contribution is 2.35. The van der Waals surface area contributed by atoms with Crippen molar-refractivity contribution >= 4 is 35.1 Å². The highest BCUT2D eigenvalue weighted by atomic mass is 35.5. The summed E-state index contributed by atoms with van der Waals surface area (Å²) in [7, 11) is 0. The number of hydrogen-bond acceptors (Lipinski definition) is 5. The fraction of sp³-hybridized carbons (Fsp3) is 0.611. The van der Waals surface area contributed by atoms with Crippen LogP contribution in [0.4, 0.5) is 0 Å². The van der Waals surface area contributed by atoms with Gasteiger partial charge in [-0.2, -0.15) is 0 Å². The van der Waals surface area contributed by atoms with E-state index in [-0.39, 0.29) is 21.8 Å². The van der Waals surface area contributed by atoms with Crippen LogP contribution in [0.25, 0.3) is 0 Å². The highest BCUT2D eigenvalue weighted by Gasteiger charge is 2.33. The van der Waals surface area contributed by atoms with Crippen LogP contribution in [-0.4, -0.2) is 29.6 Å². The lowest BCUT2D eigenvalue weighted by Gasteiger charge is -2.36. The molecule has 0 N–H and O–H groups in total. The topological polar surface area (TPSA) is 65.5 Å². The third kappa shape index (κ3) is 5.58. The van der Waals surface area contributed by atoms with E-state index >= 15 is 0 Å². The average molecular weight is 388 g/mol. The van der Waals surface area contributed by atoms with Crippen LogP contribution in [0.5, 0.6) is 0 Å². The maximum Gasteiger partial charge on any atom is 0.344 e. The van der Waals surface area contributed by atoms with Crippen molar-refractivity contribution in [2.24, 2.45) is 17.8 Å². The van der Waals surface area contributed by atoms with Crippen LogP contribution in [0.15, 0.2) is 12.3 Å². The molecule has 1 aromatic rings. The van der Waals surface area contributed by atoms with Crippen molar-refractivity contribution in [2.45, 2.75) is 46.1 Å². The molecule has 7 heteroatoms. The Morgan fingerprint density at radius 1 is 1.32 bits per heavy atom. The average Bonchev–Trinajstić information content (AvgIpc) is 2.55. The Balaban J connectivity index is 1.88. The molecule has 1 fully saturated rings. The van der Waals surface area contributed by atoms with Gasteiger partial charge in [0.1, 0.15) is 11.3 Å². The fourth-order valence-electron chi connectivity index (χ4n) is 3.19. The molecule has 5 nitrogen and oxygen atoms in total. The van der Waals surface area contributed by atoms with Gasteiger partial charge in [0.05, 0.1) is 10.6 Å². The smallest absolute Gasteiger partial charge is 0.344 e. The number of hydrogen-bond donors (Lipinski definition) is 0. The van der Waals surface area contributed by atoms with Gasteiger partial charge in [-0.25, -0.2) is 14.6 Å². The molecule has 0 saturated heterocycles. The normalized spacial score (nSPS) is 23.4. The molecule has 1 saturated carbocycles. The van der Waals surface area contributed by atoms with Crippen molar-refractivity contribution < 1.29 is 19.1 Å². The van der Waals surface area contributed by atoms with Crippen molar-refractivity contribution in [2.75, 3.05) is 6.61 Å². The molecule has 1 aliphatic carbocycles. The van der Waals surface area contributed by atoms with Gasteiger partial charge in [-0.1, -0.05) is 50.4 Å². The van der Waals surface area contributed by atoms with Crippen LogP contribution in [-0.2, 0) is 14.3 Å². The van der Waals surface area contributed by atoms with Gasteiger partial charge in [-0.05, 0) is 36.7 Å². The van der Waals surface area contributed by atoms with E-state index < -0.39 is 18.5 Å². The van der Waals surface area contributed by atoms with Gasteiger partial charge in [0.2, 0.25) is 0 Å². The zero-order valence-electron chi connectivity index (χ0n) is 14.6. The number of carbonyl (C=O) groups excluding carboxylic acids is 2. The number of aromatic nitrogens is 1. The van der Waals surface area contributed by atoms with Gasteiger partial charge in [0, 0.05) is 6.20 Å². The van der Waals surface area contributed by atoms with Gasteiger partial charge >= 0.3 is 11.9 Å². The Morgan fingerprint density at radius 2 is 2.04 bits per heavy atom. The summed E-state index contributed by atoms with van der Waals surface area (Å²) in [6, 6.07) is 1.35. The molecule has 1 heterocycles. The number of pyridine rings is 1. The van der Waals surface area contributed by atoms with Crippen LogP contribution in [0.2, 0.25) is 10.2 Å². The standard InChI is InChI=1S/C18H23Cl2NO4/c1-10(2)13-5-4-11(3)6-15(13)25-16(22)9-24-18(23)12-7-14(19)17(20)21-8-12/h7-8,10-11,13,15H,4-6,9H2,1-3H3/t11-,13+,15-/m0/s1. The Labute approximate surface area is 158 Å². The van der Waals surface area contributed by atoms with Gasteiger partial charge in [0.25, 0.3) is 0 Å². The number of nitrogens with zero attached hydrogens (tertiary/aromatic N) is 1. The minimum Gasteiger partial charge on any atom is -0.460 e. The molecule has 0 amide bonds. The zero-order valence-corrected chi connectivity index (χ0v) is 16.1. The predicted octanol–water partition coefficient (Wildman–Crippen LogP) is 4.55. The van der Waals surface area contributed by atoms with Crippen LogP contribution in [0.1, 0.15) is 50.4 Å². The number of rotatable bonds is 5. The second-order valence-electron chi connectivity index (χ2n) is 6.93. The third-order valence-corrected chi connectivity index (χ3v) is 5.28. The Morgan fingerprint density at radius 3 is 2.68 bits per heavy atom. The van der Waals surface area contributed by atoms with Crippen molar-refractivity contribution in [1.82, 2.24) is 4.98 Å². The van der Waals surface area contributed by atoms with E-state index in [2.05, 4.69) is 25.8 Å². The Hall–Kier alpha value is -1.33. The van der Waals surface area contributed by atoms with Gasteiger partial charge < -0.3 is 9.47 Å². The molecule has 3 atom stereocenters. The van der Waals surface area contributed by atoms with E-state index in [1.165, 1.54) is 12.3 Å².